The standard InChI is InChI=1S/C6H6BrF3N4/c1-2-3(7)4(14-11)13-5(12-2)6(8,9)10/h11H2,1H3,(H,12,13,14). The van der Waals surface area contributed by atoms with Gasteiger partial charge in [-0.15, -0.1) is 0 Å². The fourth-order valence-electron chi connectivity index (χ4n) is 0.782. The molecular formula is C6H6BrF3N4. The molecule has 0 atom stereocenters. The van der Waals surface area contributed by atoms with E-state index in [2.05, 4.69) is 31.3 Å². The summed E-state index contributed by atoms with van der Waals surface area (Å²) in [7, 11) is 0. The summed E-state index contributed by atoms with van der Waals surface area (Å²) in [6.07, 6.45) is -4.57. The molecular weight excluding hydrogens is 265 g/mol. The van der Waals surface area contributed by atoms with Gasteiger partial charge < -0.3 is 5.43 Å². The second kappa shape index (κ2) is 3.70. The number of aromatic nitrogens is 2. The average Bonchev–Trinajstić information content (AvgIpc) is 2.07. The minimum absolute atomic E-state index is 0.0928. The molecule has 0 unspecified atom stereocenters. The maximum absolute atomic E-state index is 12.2. The van der Waals surface area contributed by atoms with Gasteiger partial charge >= 0.3 is 6.18 Å². The number of aryl methyl sites for hydroxylation is 1. The summed E-state index contributed by atoms with van der Waals surface area (Å²) < 4.78 is 36.9. The van der Waals surface area contributed by atoms with Crippen molar-refractivity contribution in [3.63, 3.8) is 0 Å². The molecule has 0 aliphatic heterocycles. The summed E-state index contributed by atoms with van der Waals surface area (Å²) >= 11 is 3.01. The maximum Gasteiger partial charge on any atom is 0.451 e. The SMILES string of the molecule is Cc1nc(C(F)(F)F)nc(NN)c1Br. The number of rotatable bonds is 1. The highest BCUT2D eigenvalue weighted by Gasteiger charge is 2.35. The normalized spacial score (nSPS) is 11.6. The van der Waals surface area contributed by atoms with Gasteiger partial charge in [0.15, 0.2) is 5.82 Å². The zero-order valence-electron chi connectivity index (χ0n) is 6.98. The first-order valence-electron chi connectivity index (χ1n) is 3.44. The van der Waals surface area contributed by atoms with Crippen molar-refractivity contribution in [1.29, 1.82) is 0 Å². The Balaban J connectivity index is 3.30. The van der Waals surface area contributed by atoms with Crippen molar-refractivity contribution >= 4 is 21.7 Å². The Morgan fingerprint density at radius 1 is 1.36 bits per heavy atom. The summed E-state index contributed by atoms with van der Waals surface area (Å²) in [6, 6.07) is 0. The summed E-state index contributed by atoms with van der Waals surface area (Å²) in [5, 5.41) is 0. The Hall–Kier alpha value is -0.890. The molecule has 4 nitrogen and oxygen atoms in total. The van der Waals surface area contributed by atoms with Gasteiger partial charge in [-0.05, 0) is 22.9 Å². The van der Waals surface area contributed by atoms with Crippen LogP contribution in [0.1, 0.15) is 11.5 Å². The number of nitrogens with two attached hydrogens (primary N) is 1. The highest BCUT2D eigenvalue weighted by atomic mass is 79.9. The number of hydrazine groups is 1. The number of anilines is 1. The van der Waals surface area contributed by atoms with Crippen LogP contribution in [-0.4, -0.2) is 9.97 Å². The second-order valence-corrected chi connectivity index (χ2v) is 3.23. The largest absolute Gasteiger partial charge is 0.451 e. The number of nitrogens with zero attached hydrogens (tertiary/aromatic N) is 2. The summed E-state index contributed by atoms with van der Waals surface area (Å²) in [5.41, 5.74) is 2.22. The highest BCUT2D eigenvalue weighted by molar-refractivity contribution is 9.10. The molecule has 0 bridgehead atoms. The Bertz CT molecular complexity index is 352. The quantitative estimate of drug-likeness (QED) is 0.604. The van der Waals surface area contributed by atoms with E-state index in [9.17, 15) is 13.2 Å². The van der Waals surface area contributed by atoms with Crippen molar-refractivity contribution in [3.05, 3.63) is 16.0 Å². The van der Waals surface area contributed by atoms with E-state index in [1.165, 1.54) is 6.92 Å². The first-order chi connectivity index (χ1) is 6.36. The Kier molecular flexibility index (Phi) is 2.95. The van der Waals surface area contributed by atoms with Crippen LogP contribution in [0, 0.1) is 6.92 Å². The highest BCUT2D eigenvalue weighted by Crippen LogP contribution is 2.30. The molecule has 0 saturated carbocycles. The maximum atomic E-state index is 12.2. The smallest absolute Gasteiger partial charge is 0.307 e. The molecule has 3 N–H and O–H groups in total. The zero-order chi connectivity index (χ0) is 10.9. The molecule has 1 rings (SSSR count). The van der Waals surface area contributed by atoms with Gasteiger partial charge in [-0.25, -0.2) is 15.8 Å². The number of hydrogen-bond acceptors (Lipinski definition) is 4. The average molecular weight is 271 g/mol. The molecule has 14 heavy (non-hydrogen) atoms. The van der Waals surface area contributed by atoms with Crippen LogP contribution in [0.5, 0.6) is 0 Å². The van der Waals surface area contributed by atoms with Gasteiger partial charge in [0, 0.05) is 0 Å². The van der Waals surface area contributed by atoms with Crippen LogP contribution >= 0.6 is 15.9 Å². The van der Waals surface area contributed by atoms with Crippen LogP contribution in [0.25, 0.3) is 0 Å². The molecule has 0 radical (unpaired) electrons. The molecule has 1 heterocycles. The van der Waals surface area contributed by atoms with Gasteiger partial charge in [0.1, 0.15) is 0 Å². The lowest BCUT2D eigenvalue weighted by Crippen LogP contribution is -2.17. The molecule has 0 aromatic carbocycles. The van der Waals surface area contributed by atoms with Crippen molar-refractivity contribution in [3.8, 4) is 0 Å². The molecule has 0 amide bonds. The molecule has 78 valence electrons. The number of alkyl halides is 3. The molecule has 0 aliphatic rings. The minimum atomic E-state index is -4.57. The van der Waals surface area contributed by atoms with E-state index in [1.807, 2.05) is 0 Å². The molecule has 0 saturated heterocycles. The van der Waals surface area contributed by atoms with E-state index >= 15 is 0 Å². The van der Waals surface area contributed by atoms with Crippen molar-refractivity contribution < 1.29 is 13.2 Å². The predicted molar refractivity (Wildman–Crippen MR) is 47.3 cm³/mol. The summed E-state index contributed by atoms with van der Waals surface area (Å²) in [5.74, 6) is 3.68. The Morgan fingerprint density at radius 3 is 2.36 bits per heavy atom. The van der Waals surface area contributed by atoms with E-state index in [1.54, 1.807) is 0 Å². The number of nitrogen functional groups attached to an aromatic ring is 1. The van der Waals surface area contributed by atoms with E-state index in [4.69, 9.17) is 5.84 Å². The molecule has 8 heteroatoms. The van der Waals surface area contributed by atoms with E-state index < -0.39 is 12.0 Å². The number of nitrogens with one attached hydrogen (secondary N) is 1. The third-order valence-corrected chi connectivity index (χ3v) is 2.36. The van der Waals surface area contributed by atoms with Crippen molar-refractivity contribution in [2.24, 2.45) is 5.84 Å². The Morgan fingerprint density at radius 2 is 1.93 bits per heavy atom. The van der Waals surface area contributed by atoms with E-state index in [0.29, 0.717) is 4.47 Å². The van der Waals surface area contributed by atoms with Crippen LogP contribution in [-0.2, 0) is 6.18 Å². The first-order valence-corrected chi connectivity index (χ1v) is 4.23. The predicted octanol–water partition coefficient (Wildman–Crippen LogP) is 1.85. The van der Waals surface area contributed by atoms with Crippen LogP contribution in [0.2, 0.25) is 0 Å². The van der Waals surface area contributed by atoms with Gasteiger partial charge in [-0.3, -0.25) is 0 Å². The lowest BCUT2D eigenvalue weighted by Gasteiger charge is -2.09. The van der Waals surface area contributed by atoms with Gasteiger partial charge in [0.05, 0.1) is 10.2 Å². The topological polar surface area (TPSA) is 63.8 Å². The van der Waals surface area contributed by atoms with Crippen LogP contribution in [0.15, 0.2) is 4.47 Å². The van der Waals surface area contributed by atoms with Gasteiger partial charge in [0.2, 0.25) is 5.82 Å². The van der Waals surface area contributed by atoms with Crippen molar-refractivity contribution in [1.82, 2.24) is 9.97 Å². The van der Waals surface area contributed by atoms with Gasteiger partial charge in [0.25, 0.3) is 0 Å². The lowest BCUT2D eigenvalue weighted by molar-refractivity contribution is -0.145. The van der Waals surface area contributed by atoms with Crippen LogP contribution < -0.4 is 11.3 Å². The second-order valence-electron chi connectivity index (χ2n) is 2.44. The fraction of sp³-hybridized carbons (Fsp3) is 0.333. The first kappa shape index (κ1) is 11.2. The molecule has 0 aliphatic carbocycles. The third-order valence-electron chi connectivity index (χ3n) is 1.41. The third kappa shape index (κ3) is 2.13. The van der Waals surface area contributed by atoms with Crippen molar-refractivity contribution in [2.45, 2.75) is 13.1 Å². The van der Waals surface area contributed by atoms with Crippen molar-refractivity contribution in [2.75, 3.05) is 5.43 Å². The molecule has 1 aromatic heterocycles. The number of hydrogen-bond donors (Lipinski definition) is 2. The summed E-state index contributed by atoms with van der Waals surface area (Å²) in [4.78, 5) is 6.48. The van der Waals surface area contributed by atoms with E-state index in [0.717, 1.165) is 0 Å². The number of halogens is 4. The zero-order valence-corrected chi connectivity index (χ0v) is 8.57. The van der Waals surface area contributed by atoms with E-state index in [-0.39, 0.29) is 11.5 Å². The van der Waals surface area contributed by atoms with Gasteiger partial charge in [-0.1, -0.05) is 0 Å². The molecule has 1 aromatic rings. The molecule has 0 fully saturated rings. The molecule has 0 spiro atoms. The Labute approximate surface area is 85.8 Å². The lowest BCUT2D eigenvalue weighted by atomic mass is 10.4. The van der Waals surface area contributed by atoms with Crippen LogP contribution in [0.3, 0.4) is 0 Å². The minimum Gasteiger partial charge on any atom is -0.307 e. The summed E-state index contributed by atoms with van der Waals surface area (Å²) in [6.45, 7) is 1.42. The van der Waals surface area contributed by atoms with Gasteiger partial charge in [-0.2, -0.15) is 13.2 Å². The fourth-order valence-corrected chi connectivity index (χ4v) is 1.07. The monoisotopic (exact) mass is 270 g/mol. The van der Waals surface area contributed by atoms with Crippen LogP contribution in [0.4, 0.5) is 19.0 Å².